The zero-order valence-electron chi connectivity index (χ0n) is 18.1. The zero-order valence-corrected chi connectivity index (χ0v) is 19.6. The monoisotopic (exact) mass is 512 g/mol. The maximum absolute atomic E-state index is 15.1. The van der Waals surface area contributed by atoms with Gasteiger partial charge in [0.25, 0.3) is 0 Å². The van der Waals surface area contributed by atoms with Crippen LogP contribution in [-0.2, 0) is 28.9 Å². The van der Waals surface area contributed by atoms with Crippen molar-refractivity contribution in [3.63, 3.8) is 0 Å². The Morgan fingerprint density at radius 2 is 1.65 bits per heavy atom. The SMILES string of the molecule is C=CCC(C(=O)OC)(C(=O)OC)C1=C(S(=O)(=O)c2ccc(Cl)cc2)c2c(F)ccc(F)c2OC1. The first-order valence-electron chi connectivity index (χ1n) is 9.69. The minimum atomic E-state index is -4.68. The van der Waals surface area contributed by atoms with E-state index in [2.05, 4.69) is 6.58 Å². The second-order valence-corrected chi connectivity index (χ2v) is 9.49. The molecule has 0 saturated carbocycles. The highest BCUT2D eigenvalue weighted by Crippen LogP contribution is 2.49. The maximum Gasteiger partial charge on any atom is 0.327 e. The van der Waals surface area contributed by atoms with Crippen LogP contribution in [0.3, 0.4) is 0 Å². The number of sulfone groups is 1. The lowest BCUT2D eigenvalue weighted by Gasteiger charge is -2.34. The number of benzene rings is 2. The first-order chi connectivity index (χ1) is 16.1. The van der Waals surface area contributed by atoms with Gasteiger partial charge < -0.3 is 14.2 Å². The van der Waals surface area contributed by atoms with Crippen LogP contribution >= 0.6 is 11.6 Å². The number of carbonyl (C=O) groups is 2. The summed E-state index contributed by atoms with van der Waals surface area (Å²) >= 11 is 5.87. The van der Waals surface area contributed by atoms with Crippen LogP contribution in [0.5, 0.6) is 5.75 Å². The number of hydrogen-bond donors (Lipinski definition) is 0. The van der Waals surface area contributed by atoms with E-state index >= 15 is 4.39 Å². The molecule has 7 nitrogen and oxygen atoms in total. The van der Waals surface area contributed by atoms with Gasteiger partial charge in [-0.05, 0) is 42.8 Å². The first-order valence-corrected chi connectivity index (χ1v) is 11.6. The number of carbonyl (C=O) groups excluding carboxylic acids is 2. The average molecular weight is 513 g/mol. The van der Waals surface area contributed by atoms with Gasteiger partial charge in [-0.25, -0.2) is 17.2 Å². The van der Waals surface area contributed by atoms with Crippen LogP contribution < -0.4 is 4.74 Å². The molecule has 0 spiro atoms. The number of ether oxygens (including phenoxy) is 3. The number of methoxy groups -OCH3 is 2. The Bertz CT molecular complexity index is 1290. The molecule has 1 heterocycles. The molecule has 0 aromatic heterocycles. The van der Waals surface area contributed by atoms with Gasteiger partial charge in [-0.2, -0.15) is 0 Å². The Labute approximate surface area is 199 Å². The minimum Gasteiger partial charge on any atom is -0.485 e. The van der Waals surface area contributed by atoms with Crippen molar-refractivity contribution in [3.8, 4) is 5.75 Å². The van der Waals surface area contributed by atoms with Gasteiger partial charge in [0.1, 0.15) is 12.4 Å². The van der Waals surface area contributed by atoms with Crippen molar-refractivity contribution in [3.05, 3.63) is 76.8 Å². The molecule has 2 aromatic rings. The van der Waals surface area contributed by atoms with E-state index in [1.54, 1.807) is 0 Å². The van der Waals surface area contributed by atoms with Gasteiger partial charge in [-0.1, -0.05) is 17.7 Å². The van der Waals surface area contributed by atoms with Crippen molar-refractivity contribution in [2.24, 2.45) is 5.41 Å². The standard InChI is InChI=1S/C23H19ClF2O7S/c1-4-11-23(21(27)31-2,22(28)32-3)15-12-33-19-17(26)10-9-16(25)18(19)20(15)34(29,30)14-7-5-13(24)6-8-14/h4-10H,1,11-12H2,2-3H3. The molecule has 0 saturated heterocycles. The van der Waals surface area contributed by atoms with E-state index < -0.39 is 73.6 Å². The Morgan fingerprint density at radius 3 is 2.18 bits per heavy atom. The van der Waals surface area contributed by atoms with Crippen LogP contribution in [0, 0.1) is 17.0 Å². The number of hydrogen-bond acceptors (Lipinski definition) is 7. The molecular weight excluding hydrogens is 494 g/mol. The second kappa shape index (κ2) is 9.55. The molecule has 0 unspecified atom stereocenters. The lowest BCUT2D eigenvalue weighted by atomic mass is 9.75. The van der Waals surface area contributed by atoms with Crippen molar-refractivity contribution in [1.29, 1.82) is 0 Å². The van der Waals surface area contributed by atoms with Gasteiger partial charge in [0.15, 0.2) is 17.0 Å². The van der Waals surface area contributed by atoms with E-state index in [4.69, 9.17) is 25.8 Å². The fourth-order valence-electron chi connectivity index (χ4n) is 3.78. The van der Waals surface area contributed by atoms with Crippen molar-refractivity contribution >= 4 is 38.3 Å². The third-order valence-corrected chi connectivity index (χ3v) is 7.48. The van der Waals surface area contributed by atoms with Crippen molar-refractivity contribution in [2.75, 3.05) is 20.8 Å². The zero-order chi connectivity index (χ0) is 25.3. The van der Waals surface area contributed by atoms with Crippen molar-refractivity contribution < 1.29 is 41.0 Å². The Balaban J connectivity index is 2.55. The normalized spacial score (nSPS) is 13.6. The van der Waals surface area contributed by atoms with Gasteiger partial charge in [0.05, 0.1) is 29.6 Å². The van der Waals surface area contributed by atoms with E-state index in [-0.39, 0.29) is 9.92 Å². The molecule has 1 aliphatic heterocycles. The van der Waals surface area contributed by atoms with Crippen LogP contribution in [-0.4, -0.2) is 41.2 Å². The van der Waals surface area contributed by atoms with Gasteiger partial charge >= 0.3 is 11.9 Å². The Kier molecular flexibility index (Phi) is 7.13. The molecule has 0 aliphatic carbocycles. The van der Waals surface area contributed by atoms with Gasteiger partial charge in [0.2, 0.25) is 9.84 Å². The number of allylic oxidation sites excluding steroid dienone is 1. The summed E-state index contributed by atoms with van der Waals surface area (Å²) < 4.78 is 72.3. The van der Waals surface area contributed by atoms with Crippen LogP contribution in [0.4, 0.5) is 8.78 Å². The van der Waals surface area contributed by atoms with E-state index in [0.717, 1.165) is 32.4 Å². The molecule has 0 atom stereocenters. The lowest BCUT2D eigenvalue weighted by molar-refractivity contribution is -0.166. The molecule has 0 amide bonds. The van der Waals surface area contributed by atoms with Gasteiger partial charge in [0, 0.05) is 10.6 Å². The highest BCUT2D eigenvalue weighted by Gasteiger charge is 2.55. The van der Waals surface area contributed by atoms with Gasteiger partial charge in [-0.15, -0.1) is 6.58 Å². The summed E-state index contributed by atoms with van der Waals surface area (Å²) in [6, 6.07) is 6.36. The minimum absolute atomic E-state index is 0.225. The summed E-state index contributed by atoms with van der Waals surface area (Å²) in [6.07, 6.45) is 0.696. The van der Waals surface area contributed by atoms with E-state index in [1.807, 2.05) is 0 Å². The molecule has 1 aliphatic rings. The number of esters is 2. The van der Waals surface area contributed by atoms with Crippen LogP contribution in [0.15, 0.2) is 59.5 Å². The molecule has 3 rings (SSSR count). The summed E-state index contributed by atoms with van der Waals surface area (Å²) in [5, 5.41) is 0.225. The predicted octanol–water partition coefficient (Wildman–Crippen LogP) is 4.10. The molecule has 180 valence electrons. The van der Waals surface area contributed by atoms with Gasteiger partial charge in [-0.3, -0.25) is 9.59 Å². The summed E-state index contributed by atoms with van der Waals surface area (Å²) in [4.78, 5) is 24.8. The fraction of sp³-hybridized carbons (Fsp3) is 0.217. The number of rotatable bonds is 7. The molecule has 0 N–H and O–H groups in total. The molecule has 0 fully saturated rings. The van der Waals surface area contributed by atoms with E-state index in [1.165, 1.54) is 18.2 Å². The number of halogens is 3. The molecule has 0 radical (unpaired) electrons. The lowest BCUT2D eigenvalue weighted by Crippen LogP contribution is -2.46. The molecule has 2 aromatic carbocycles. The van der Waals surface area contributed by atoms with Crippen molar-refractivity contribution in [2.45, 2.75) is 11.3 Å². The highest BCUT2D eigenvalue weighted by molar-refractivity contribution is 8.00. The van der Waals surface area contributed by atoms with Crippen LogP contribution in [0.1, 0.15) is 12.0 Å². The fourth-order valence-corrected chi connectivity index (χ4v) is 5.65. The highest BCUT2D eigenvalue weighted by atomic mass is 35.5. The topological polar surface area (TPSA) is 96.0 Å². The van der Waals surface area contributed by atoms with Crippen LogP contribution in [0.2, 0.25) is 5.02 Å². The predicted molar refractivity (Wildman–Crippen MR) is 119 cm³/mol. The average Bonchev–Trinajstić information content (AvgIpc) is 2.83. The first kappa shape index (κ1) is 25.4. The summed E-state index contributed by atoms with van der Waals surface area (Å²) in [5.41, 5.74) is -3.66. The summed E-state index contributed by atoms with van der Waals surface area (Å²) in [7, 11) is -2.72. The van der Waals surface area contributed by atoms with E-state index in [0.29, 0.717) is 6.07 Å². The number of fused-ring (bicyclic) bond motifs is 1. The molecule has 0 bridgehead atoms. The van der Waals surface area contributed by atoms with E-state index in [9.17, 15) is 22.4 Å². The largest absolute Gasteiger partial charge is 0.485 e. The smallest absolute Gasteiger partial charge is 0.327 e. The second-order valence-electron chi connectivity index (χ2n) is 7.17. The summed E-state index contributed by atoms with van der Waals surface area (Å²) in [5.74, 6) is -5.25. The third kappa shape index (κ3) is 3.97. The summed E-state index contributed by atoms with van der Waals surface area (Å²) in [6.45, 7) is 2.77. The maximum atomic E-state index is 15.1. The Hall–Kier alpha value is -3.24. The van der Waals surface area contributed by atoms with Crippen molar-refractivity contribution in [1.82, 2.24) is 0 Å². The third-order valence-electron chi connectivity index (χ3n) is 5.35. The quantitative estimate of drug-likeness (QED) is 0.313. The molecular formula is C23H19ClF2O7S. The van der Waals surface area contributed by atoms with Crippen LogP contribution in [0.25, 0.3) is 4.91 Å². The molecule has 34 heavy (non-hydrogen) atoms. The molecule has 11 heteroatoms. The Morgan fingerprint density at radius 1 is 1.09 bits per heavy atom.